The van der Waals surface area contributed by atoms with E-state index in [0.717, 1.165) is 31.0 Å². The maximum Gasteiger partial charge on any atom is 0.256 e. The molecule has 0 radical (unpaired) electrons. The Morgan fingerprint density at radius 3 is 2.91 bits per heavy atom. The number of likely N-dealkylation sites (tertiary alicyclic amines) is 1. The second kappa shape index (κ2) is 6.09. The molecule has 1 unspecified atom stereocenters. The van der Waals surface area contributed by atoms with E-state index in [0.29, 0.717) is 6.54 Å². The third-order valence-corrected chi connectivity index (χ3v) is 3.91. The second-order valence-electron chi connectivity index (χ2n) is 5.39. The van der Waals surface area contributed by atoms with Crippen LogP contribution in [0.25, 0.3) is 0 Å². The Kier molecular flexibility index (Phi) is 4.00. The molecular weight excluding hydrogens is 285 g/mol. The molecule has 1 fully saturated rings. The van der Waals surface area contributed by atoms with Crippen LogP contribution in [-0.2, 0) is 0 Å². The summed E-state index contributed by atoms with van der Waals surface area (Å²) in [7, 11) is 0. The number of amides is 1. The van der Waals surface area contributed by atoms with Gasteiger partial charge in [-0.15, -0.1) is 0 Å². The van der Waals surface area contributed by atoms with Gasteiger partial charge in [0.25, 0.3) is 5.91 Å². The van der Waals surface area contributed by atoms with Crippen molar-refractivity contribution in [3.8, 4) is 0 Å². The van der Waals surface area contributed by atoms with Crippen LogP contribution in [0.1, 0.15) is 41.2 Å². The number of nitrogens with one attached hydrogen (secondary N) is 1. The van der Waals surface area contributed by atoms with Gasteiger partial charge in [0, 0.05) is 25.0 Å². The van der Waals surface area contributed by atoms with Crippen molar-refractivity contribution in [1.29, 1.82) is 0 Å². The molecule has 1 aliphatic heterocycles. The first kappa shape index (κ1) is 14.4. The summed E-state index contributed by atoms with van der Waals surface area (Å²) in [5, 5.41) is 0. The topological polar surface area (TPSA) is 66.1 Å². The zero-order chi connectivity index (χ0) is 15.5. The summed E-state index contributed by atoms with van der Waals surface area (Å²) < 4.78 is 13.3. The first-order valence-electron chi connectivity index (χ1n) is 7.25. The molecule has 22 heavy (non-hydrogen) atoms. The predicted molar refractivity (Wildman–Crippen MR) is 78.9 cm³/mol. The van der Waals surface area contributed by atoms with Crippen LogP contribution in [0.15, 0.2) is 41.6 Å². The van der Waals surface area contributed by atoms with Crippen molar-refractivity contribution in [2.24, 2.45) is 0 Å². The first-order chi connectivity index (χ1) is 10.6. The quantitative estimate of drug-likeness (QED) is 0.925. The van der Waals surface area contributed by atoms with Gasteiger partial charge in [-0.2, -0.15) is 0 Å². The van der Waals surface area contributed by atoms with Crippen molar-refractivity contribution < 1.29 is 9.18 Å². The maximum atomic E-state index is 13.3. The lowest BCUT2D eigenvalue weighted by Crippen LogP contribution is -2.38. The van der Waals surface area contributed by atoms with Crippen molar-refractivity contribution >= 4 is 5.91 Å². The molecule has 1 aliphatic rings. The van der Waals surface area contributed by atoms with Gasteiger partial charge in [-0.3, -0.25) is 14.6 Å². The Hall–Kier alpha value is -2.50. The molecule has 0 bridgehead atoms. The number of rotatable bonds is 2. The number of carbonyl (C=O) groups is 1. The highest BCUT2D eigenvalue weighted by Gasteiger charge is 2.29. The Balaban J connectivity index is 1.90. The normalized spacial score (nSPS) is 18.2. The second-order valence-corrected chi connectivity index (χ2v) is 5.39. The van der Waals surface area contributed by atoms with Crippen molar-refractivity contribution in [3.63, 3.8) is 0 Å². The maximum absolute atomic E-state index is 13.3. The summed E-state index contributed by atoms with van der Waals surface area (Å²) in [5.74, 6) is -0.758. The van der Waals surface area contributed by atoms with Gasteiger partial charge in [-0.25, -0.2) is 4.39 Å². The van der Waals surface area contributed by atoms with Crippen LogP contribution in [0, 0.1) is 5.82 Å². The number of aromatic amines is 1. The number of aromatic nitrogens is 2. The van der Waals surface area contributed by atoms with Crippen LogP contribution in [0.4, 0.5) is 4.39 Å². The summed E-state index contributed by atoms with van der Waals surface area (Å²) in [5.41, 5.74) is 0.958. The number of carbonyl (C=O) groups excluding carboxylic acids is 1. The Labute approximate surface area is 126 Å². The molecule has 3 heterocycles. The molecule has 1 N–H and O–H groups in total. The lowest BCUT2D eigenvalue weighted by Gasteiger charge is -2.36. The molecule has 6 heteroatoms. The predicted octanol–water partition coefficient (Wildman–Crippen LogP) is 2.28. The minimum Gasteiger partial charge on any atom is -0.332 e. The monoisotopic (exact) mass is 301 g/mol. The molecule has 0 aliphatic carbocycles. The van der Waals surface area contributed by atoms with Gasteiger partial charge in [0.15, 0.2) is 0 Å². The van der Waals surface area contributed by atoms with Gasteiger partial charge in [0.05, 0.1) is 17.8 Å². The lowest BCUT2D eigenvalue weighted by atomic mass is 9.95. The Bertz CT molecular complexity index is 724. The van der Waals surface area contributed by atoms with E-state index in [2.05, 4.69) is 9.97 Å². The van der Waals surface area contributed by atoms with Crippen LogP contribution in [0.3, 0.4) is 0 Å². The van der Waals surface area contributed by atoms with Crippen LogP contribution in [0.5, 0.6) is 0 Å². The number of H-pyrrole nitrogens is 1. The van der Waals surface area contributed by atoms with E-state index in [1.807, 2.05) is 0 Å². The molecule has 2 aromatic heterocycles. The fourth-order valence-corrected chi connectivity index (χ4v) is 2.85. The molecule has 2 aromatic rings. The number of piperidine rings is 1. The minimum absolute atomic E-state index is 0.110. The van der Waals surface area contributed by atoms with Crippen LogP contribution < -0.4 is 5.56 Å². The molecule has 0 saturated carbocycles. The molecule has 1 amide bonds. The van der Waals surface area contributed by atoms with Crippen molar-refractivity contribution in [2.45, 2.75) is 25.3 Å². The molecular formula is C16H16FN3O2. The van der Waals surface area contributed by atoms with E-state index in [-0.39, 0.29) is 23.1 Å². The summed E-state index contributed by atoms with van der Waals surface area (Å²) >= 11 is 0. The standard InChI is InChI=1S/C16H16FN3O2/c17-13-7-12(8-18-10-13)16(22)20-6-2-1-3-14(20)11-4-5-15(21)19-9-11/h4-5,7-10,14H,1-3,6H2,(H,19,21). The Morgan fingerprint density at radius 2 is 2.18 bits per heavy atom. The molecule has 5 nitrogen and oxygen atoms in total. The molecule has 1 saturated heterocycles. The molecule has 0 spiro atoms. The molecule has 114 valence electrons. The molecule has 3 rings (SSSR count). The Morgan fingerprint density at radius 1 is 1.32 bits per heavy atom. The highest BCUT2D eigenvalue weighted by molar-refractivity contribution is 5.94. The van der Waals surface area contributed by atoms with E-state index >= 15 is 0 Å². The third-order valence-electron chi connectivity index (χ3n) is 3.91. The zero-order valence-electron chi connectivity index (χ0n) is 12.0. The lowest BCUT2D eigenvalue weighted by molar-refractivity contribution is 0.0610. The van der Waals surface area contributed by atoms with E-state index in [1.54, 1.807) is 17.2 Å². The van der Waals surface area contributed by atoms with Gasteiger partial charge in [-0.1, -0.05) is 6.07 Å². The first-order valence-corrected chi connectivity index (χ1v) is 7.25. The SMILES string of the molecule is O=C(c1cncc(F)c1)N1CCCCC1c1ccc(=O)[nH]c1. The average molecular weight is 301 g/mol. The van der Waals surface area contributed by atoms with Crippen LogP contribution >= 0.6 is 0 Å². The minimum atomic E-state index is -0.525. The number of hydrogen-bond donors (Lipinski definition) is 1. The summed E-state index contributed by atoms with van der Waals surface area (Å²) in [6.45, 7) is 0.610. The fourth-order valence-electron chi connectivity index (χ4n) is 2.85. The number of hydrogen-bond acceptors (Lipinski definition) is 3. The van der Waals surface area contributed by atoms with Crippen molar-refractivity contribution in [1.82, 2.24) is 14.9 Å². The summed E-state index contributed by atoms with van der Waals surface area (Å²) in [6.07, 6.45) is 6.84. The number of halogens is 1. The zero-order valence-corrected chi connectivity index (χ0v) is 12.0. The van der Waals surface area contributed by atoms with E-state index in [1.165, 1.54) is 18.3 Å². The van der Waals surface area contributed by atoms with Gasteiger partial charge in [0.2, 0.25) is 5.56 Å². The number of nitrogens with zero attached hydrogens (tertiary/aromatic N) is 2. The summed E-state index contributed by atoms with van der Waals surface area (Å²) in [4.78, 5) is 32.0. The highest BCUT2D eigenvalue weighted by Crippen LogP contribution is 2.31. The van der Waals surface area contributed by atoms with E-state index in [9.17, 15) is 14.0 Å². The van der Waals surface area contributed by atoms with Crippen LogP contribution in [0.2, 0.25) is 0 Å². The molecule has 1 atom stereocenters. The van der Waals surface area contributed by atoms with Gasteiger partial charge >= 0.3 is 0 Å². The largest absolute Gasteiger partial charge is 0.332 e. The van der Waals surface area contributed by atoms with Crippen LogP contribution in [-0.4, -0.2) is 27.3 Å². The van der Waals surface area contributed by atoms with E-state index < -0.39 is 5.82 Å². The van der Waals surface area contributed by atoms with Crippen molar-refractivity contribution in [3.05, 3.63) is 64.1 Å². The fraction of sp³-hybridized carbons (Fsp3) is 0.312. The van der Waals surface area contributed by atoms with Gasteiger partial charge < -0.3 is 9.88 Å². The van der Waals surface area contributed by atoms with Gasteiger partial charge in [-0.05, 0) is 30.9 Å². The third kappa shape index (κ3) is 2.90. The van der Waals surface area contributed by atoms with Gasteiger partial charge in [0.1, 0.15) is 5.82 Å². The molecule has 0 aromatic carbocycles. The van der Waals surface area contributed by atoms with E-state index in [4.69, 9.17) is 0 Å². The smallest absolute Gasteiger partial charge is 0.256 e. The number of pyridine rings is 2. The average Bonchev–Trinajstić information content (AvgIpc) is 2.55. The van der Waals surface area contributed by atoms with Crippen molar-refractivity contribution in [2.75, 3.05) is 6.54 Å². The highest BCUT2D eigenvalue weighted by atomic mass is 19.1. The summed E-state index contributed by atoms with van der Waals surface area (Å²) in [6, 6.07) is 4.28.